The molecule has 18 heavy (non-hydrogen) atoms. The van der Waals surface area contributed by atoms with E-state index in [4.69, 9.17) is 0 Å². The molecule has 0 aromatic rings. The van der Waals surface area contributed by atoms with E-state index in [9.17, 15) is 0 Å². The smallest absolute Gasteiger partial charge is 0.0250 e. The van der Waals surface area contributed by atoms with Crippen molar-refractivity contribution in [3.8, 4) is 0 Å². The van der Waals surface area contributed by atoms with Crippen molar-refractivity contribution in [2.75, 3.05) is 26.7 Å². The summed E-state index contributed by atoms with van der Waals surface area (Å²) in [6.45, 7) is 10.2. The number of rotatable bonds is 6. The van der Waals surface area contributed by atoms with Crippen molar-refractivity contribution in [1.82, 2.24) is 10.2 Å². The lowest BCUT2D eigenvalue weighted by molar-refractivity contribution is 0.214. The van der Waals surface area contributed by atoms with Crippen LogP contribution in [0.5, 0.6) is 0 Å². The Hall–Kier alpha value is -0.600. The van der Waals surface area contributed by atoms with Crippen LogP contribution < -0.4 is 5.32 Å². The predicted molar refractivity (Wildman–Crippen MR) is 80.9 cm³/mol. The maximum atomic E-state index is 3.69. The second-order valence-corrected chi connectivity index (χ2v) is 5.80. The summed E-state index contributed by atoms with van der Waals surface area (Å²) in [5.41, 5.74) is 1.36. The first-order valence-corrected chi connectivity index (χ1v) is 7.35. The highest BCUT2D eigenvalue weighted by atomic mass is 15.1. The molecule has 1 fully saturated rings. The summed E-state index contributed by atoms with van der Waals surface area (Å²) in [6.07, 6.45) is 10.5. The van der Waals surface area contributed by atoms with Crippen LogP contribution in [0.15, 0.2) is 23.8 Å². The Morgan fingerprint density at radius 2 is 2.00 bits per heavy atom. The summed E-state index contributed by atoms with van der Waals surface area (Å²) in [6, 6.07) is 0.528. The average Bonchev–Trinajstić information content (AvgIpc) is 2.35. The molecular weight excluding hydrogens is 220 g/mol. The second-order valence-electron chi connectivity index (χ2n) is 5.80. The van der Waals surface area contributed by atoms with Gasteiger partial charge in [-0.25, -0.2) is 0 Å². The number of nitrogens with one attached hydrogen (secondary N) is 1. The van der Waals surface area contributed by atoms with Crippen LogP contribution in [0.1, 0.15) is 40.0 Å². The van der Waals surface area contributed by atoms with E-state index in [1.165, 1.54) is 44.5 Å². The van der Waals surface area contributed by atoms with Crippen molar-refractivity contribution in [3.05, 3.63) is 23.8 Å². The summed E-state index contributed by atoms with van der Waals surface area (Å²) in [7, 11) is 2.22. The minimum Gasteiger partial charge on any atom is -0.310 e. The Bertz CT molecular complexity index is 269. The first-order chi connectivity index (χ1) is 8.61. The van der Waals surface area contributed by atoms with Crippen molar-refractivity contribution in [3.63, 3.8) is 0 Å². The lowest BCUT2D eigenvalue weighted by Gasteiger charge is -2.29. The van der Waals surface area contributed by atoms with E-state index in [0.717, 1.165) is 5.92 Å². The van der Waals surface area contributed by atoms with Gasteiger partial charge in [0.25, 0.3) is 0 Å². The first kappa shape index (κ1) is 15.5. The van der Waals surface area contributed by atoms with Crippen LogP contribution in [0, 0.1) is 5.92 Å². The molecule has 1 heterocycles. The molecule has 1 aliphatic rings. The van der Waals surface area contributed by atoms with Crippen LogP contribution in [0.4, 0.5) is 0 Å². The maximum Gasteiger partial charge on any atom is 0.0250 e. The van der Waals surface area contributed by atoms with Crippen molar-refractivity contribution >= 4 is 0 Å². The van der Waals surface area contributed by atoms with Crippen molar-refractivity contribution in [2.45, 2.75) is 46.1 Å². The van der Waals surface area contributed by atoms with Crippen LogP contribution >= 0.6 is 0 Å². The maximum absolute atomic E-state index is 3.69. The zero-order valence-electron chi connectivity index (χ0n) is 12.6. The van der Waals surface area contributed by atoms with Gasteiger partial charge in [-0.2, -0.15) is 0 Å². The Labute approximate surface area is 113 Å². The van der Waals surface area contributed by atoms with Gasteiger partial charge in [0, 0.05) is 6.04 Å². The topological polar surface area (TPSA) is 15.3 Å². The largest absolute Gasteiger partial charge is 0.310 e. The Morgan fingerprint density at radius 3 is 2.56 bits per heavy atom. The molecule has 0 radical (unpaired) electrons. The van der Waals surface area contributed by atoms with E-state index in [1.807, 2.05) is 0 Å². The van der Waals surface area contributed by atoms with Gasteiger partial charge >= 0.3 is 0 Å². The monoisotopic (exact) mass is 250 g/mol. The quantitative estimate of drug-likeness (QED) is 0.728. The van der Waals surface area contributed by atoms with Crippen LogP contribution in [0.2, 0.25) is 0 Å². The average molecular weight is 250 g/mol. The number of hydrogen-bond donors (Lipinski definition) is 1. The highest BCUT2D eigenvalue weighted by molar-refractivity contribution is 5.10. The summed E-state index contributed by atoms with van der Waals surface area (Å²) in [5.74, 6) is 0.868. The van der Waals surface area contributed by atoms with E-state index in [1.54, 1.807) is 0 Å². The Balaban J connectivity index is 2.26. The van der Waals surface area contributed by atoms with Gasteiger partial charge in [0.2, 0.25) is 0 Å². The first-order valence-electron chi connectivity index (χ1n) is 7.35. The van der Waals surface area contributed by atoms with Crippen LogP contribution in [0.3, 0.4) is 0 Å². The fourth-order valence-corrected chi connectivity index (χ4v) is 2.31. The summed E-state index contributed by atoms with van der Waals surface area (Å²) in [5, 5.41) is 3.69. The van der Waals surface area contributed by atoms with Gasteiger partial charge in [-0.15, -0.1) is 0 Å². The third kappa shape index (κ3) is 6.36. The van der Waals surface area contributed by atoms with Gasteiger partial charge in [0.15, 0.2) is 0 Å². The SMILES string of the molecule is CCC(C=CC=C(C)C)NCC1CCN(C)CC1. The van der Waals surface area contributed by atoms with Gasteiger partial charge < -0.3 is 10.2 Å². The van der Waals surface area contributed by atoms with E-state index in [-0.39, 0.29) is 0 Å². The molecule has 1 N–H and O–H groups in total. The highest BCUT2D eigenvalue weighted by Gasteiger charge is 2.16. The second kappa shape index (κ2) is 8.49. The molecule has 0 aromatic carbocycles. The molecule has 2 nitrogen and oxygen atoms in total. The van der Waals surface area contributed by atoms with Gasteiger partial charge in [-0.05, 0) is 65.7 Å². The van der Waals surface area contributed by atoms with E-state index in [0.29, 0.717) is 6.04 Å². The van der Waals surface area contributed by atoms with Gasteiger partial charge in [0.05, 0.1) is 0 Å². The molecule has 1 rings (SSSR count). The van der Waals surface area contributed by atoms with Crippen molar-refractivity contribution in [2.24, 2.45) is 5.92 Å². The number of piperidine rings is 1. The lowest BCUT2D eigenvalue weighted by Crippen LogP contribution is -2.37. The minimum absolute atomic E-state index is 0.528. The Kier molecular flexibility index (Phi) is 7.29. The molecule has 1 atom stereocenters. The molecule has 0 amide bonds. The van der Waals surface area contributed by atoms with Crippen LogP contribution in [-0.2, 0) is 0 Å². The number of allylic oxidation sites excluding steroid dienone is 3. The molecular formula is C16H30N2. The van der Waals surface area contributed by atoms with E-state index >= 15 is 0 Å². The number of hydrogen-bond acceptors (Lipinski definition) is 2. The van der Waals surface area contributed by atoms with Gasteiger partial charge in [-0.3, -0.25) is 0 Å². The molecule has 0 aromatic heterocycles. The van der Waals surface area contributed by atoms with Crippen molar-refractivity contribution < 1.29 is 0 Å². The molecule has 1 unspecified atom stereocenters. The molecule has 0 bridgehead atoms. The number of likely N-dealkylation sites (tertiary alicyclic amines) is 1. The highest BCUT2D eigenvalue weighted by Crippen LogP contribution is 2.15. The summed E-state index contributed by atoms with van der Waals surface area (Å²) >= 11 is 0. The molecule has 0 aliphatic carbocycles. The predicted octanol–water partition coefficient (Wildman–Crippen LogP) is 3.22. The van der Waals surface area contributed by atoms with Crippen LogP contribution in [0.25, 0.3) is 0 Å². The molecule has 1 saturated heterocycles. The zero-order chi connectivity index (χ0) is 13.4. The summed E-state index contributed by atoms with van der Waals surface area (Å²) < 4.78 is 0. The third-order valence-corrected chi connectivity index (χ3v) is 3.72. The fourth-order valence-electron chi connectivity index (χ4n) is 2.31. The van der Waals surface area contributed by atoms with Crippen LogP contribution in [-0.4, -0.2) is 37.6 Å². The molecule has 0 spiro atoms. The van der Waals surface area contributed by atoms with Gasteiger partial charge in [-0.1, -0.05) is 30.7 Å². The van der Waals surface area contributed by atoms with Crippen molar-refractivity contribution in [1.29, 1.82) is 0 Å². The minimum atomic E-state index is 0.528. The Morgan fingerprint density at radius 1 is 1.33 bits per heavy atom. The molecule has 2 heteroatoms. The molecule has 0 saturated carbocycles. The summed E-state index contributed by atoms with van der Waals surface area (Å²) in [4.78, 5) is 2.43. The molecule has 1 aliphatic heterocycles. The van der Waals surface area contributed by atoms with E-state index < -0.39 is 0 Å². The zero-order valence-corrected chi connectivity index (χ0v) is 12.6. The van der Waals surface area contributed by atoms with E-state index in [2.05, 4.69) is 56.3 Å². The standard InChI is InChI=1S/C16H30N2/c1-5-16(8-6-7-14(2)3)17-13-15-9-11-18(4)12-10-15/h6-8,15-17H,5,9-13H2,1-4H3. The van der Waals surface area contributed by atoms with Gasteiger partial charge in [0.1, 0.15) is 0 Å². The lowest BCUT2D eigenvalue weighted by atomic mass is 9.96. The third-order valence-electron chi connectivity index (χ3n) is 3.72. The fraction of sp³-hybridized carbons (Fsp3) is 0.750. The molecule has 104 valence electrons. The normalized spacial score (nSPS) is 20.2. The number of nitrogens with zero attached hydrogens (tertiary/aromatic N) is 1.